The predicted octanol–water partition coefficient (Wildman–Crippen LogP) is 2.94. The van der Waals surface area contributed by atoms with Gasteiger partial charge in [0.25, 0.3) is 0 Å². The summed E-state index contributed by atoms with van der Waals surface area (Å²) < 4.78 is 19.5. The Hall–Kier alpha value is -1.13. The average molecular weight is 280 g/mol. The van der Waals surface area contributed by atoms with Gasteiger partial charge in [0, 0.05) is 32.3 Å². The molecule has 1 fully saturated rings. The van der Waals surface area contributed by atoms with Gasteiger partial charge in [-0.15, -0.1) is 0 Å². The van der Waals surface area contributed by atoms with Crippen molar-refractivity contribution in [3.8, 4) is 0 Å². The SMILES string of the molecule is COCCN(c1c(F)cccc1CNC1CC1)C(C)C. The maximum absolute atomic E-state index is 14.3. The van der Waals surface area contributed by atoms with Gasteiger partial charge >= 0.3 is 0 Å². The molecule has 0 aromatic heterocycles. The first kappa shape index (κ1) is 15.3. The number of nitrogens with one attached hydrogen (secondary N) is 1. The molecule has 0 spiro atoms. The second kappa shape index (κ2) is 7.04. The zero-order chi connectivity index (χ0) is 14.5. The summed E-state index contributed by atoms with van der Waals surface area (Å²) in [5, 5.41) is 3.47. The molecule has 4 heteroatoms. The third-order valence-electron chi connectivity index (χ3n) is 3.68. The van der Waals surface area contributed by atoms with E-state index >= 15 is 0 Å². The van der Waals surface area contributed by atoms with E-state index in [-0.39, 0.29) is 11.9 Å². The Bertz CT molecular complexity index is 432. The van der Waals surface area contributed by atoms with Crippen molar-refractivity contribution in [2.45, 2.75) is 45.3 Å². The van der Waals surface area contributed by atoms with Crippen LogP contribution in [0.5, 0.6) is 0 Å². The van der Waals surface area contributed by atoms with Gasteiger partial charge < -0.3 is 15.0 Å². The van der Waals surface area contributed by atoms with Crippen LogP contribution in [0.4, 0.5) is 10.1 Å². The lowest BCUT2D eigenvalue weighted by atomic mass is 10.1. The quantitative estimate of drug-likeness (QED) is 0.792. The van der Waals surface area contributed by atoms with Crippen LogP contribution in [0.2, 0.25) is 0 Å². The Morgan fingerprint density at radius 1 is 1.40 bits per heavy atom. The molecule has 1 aliphatic rings. The maximum Gasteiger partial charge on any atom is 0.146 e. The molecule has 0 aliphatic heterocycles. The molecule has 0 radical (unpaired) electrons. The molecule has 2 rings (SSSR count). The molecule has 1 aliphatic carbocycles. The molecule has 0 heterocycles. The summed E-state index contributed by atoms with van der Waals surface area (Å²) in [5.41, 5.74) is 1.74. The molecule has 112 valence electrons. The van der Waals surface area contributed by atoms with E-state index in [1.165, 1.54) is 18.9 Å². The molecule has 1 aromatic carbocycles. The number of hydrogen-bond donors (Lipinski definition) is 1. The van der Waals surface area contributed by atoms with Crippen molar-refractivity contribution in [1.29, 1.82) is 0 Å². The Morgan fingerprint density at radius 2 is 2.15 bits per heavy atom. The number of hydrogen-bond acceptors (Lipinski definition) is 3. The van der Waals surface area contributed by atoms with Gasteiger partial charge in [-0.3, -0.25) is 0 Å². The standard InChI is InChI=1S/C16H25FN2O/c1-12(2)19(9-10-20-3)16-13(5-4-6-15(16)17)11-18-14-7-8-14/h4-6,12,14,18H,7-11H2,1-3H3. The molecule has 1 N–H and O–H groups in total. The van der Waals surface area contributed by atoms with E-state index in [4.69, 9.17) is 4.74 Å². The second-order valence-corrected chi connectivity index (χ2v) is 5.68. The first-order valence-corrected chi connectivity index (χ1v) is 7.39. The summed E-state index contributed by atoms with van der Waals surface area (Å²) in [6.07, 6.45) is 2.48. The smallest absolute Gasteiger partial charge is 0.146 e. The fourth-order valence-corrected chi connectivity index (χ4v) is 2.38. The highest BCUT2D eigenvalue weighted by molar-refractivity contribution is 5.55. The van der Waals surface area contributed by atoms with Crippen molar-refractivity contribution in [1.82, 2.24) is 5.32 Å². The van der Waals surface area contributed by atoms with E-state index in [0.717, 1.165) is 12.1 Å². The summed E-state index contributed by atoms with van der Waals surface area (Å²) in [5.74, 6) is -0.148. The van der Waals surface area contributed by atoms with Gasteiger partial charge in [0.15, 0.2) is 0 Å². The summed E-state index contributed by atoms with van der Waals surface area (Å²) in [7, 11) is 1.68. The van der Waals surface area contributed by atoms with Gasteiger partial charge in [-0.1, -0.05) is 12.1 Å². The number of nitrogens with zero attached hydrogens (tertiary/aromatic N) is 1. The second-order valence-electron chi connectivity index (χ2n) is 5.68. The van der Waals surface area contributed by atoms with Crippen LogP contribution in [0.15, 0.2) is 18.2 Å². The molecule has 1 aromatic rings. The van der Waals surface area contributed by atoms with Crippen LogP contribution in [0.25, 0.3) is 0 Å². The van der Waals surface area contributed by atoms with Gasteiger partial charge in [-0.2, -0.15) is 0 Å². The highest BCUT2D eigenvalue weighted by atomic mass is 19.1. The monoisotopic (exact) mass is 280 g/mol. The van der Waals surface area contributed by atoms with Crippen LogP contribution in [0, 0.1) is 5.82 Å². The summed E-state index contributed by atoms with van der Waals surface area (Å²) in [4.78, 5) is 2.09. The normalized spacial score (nSPS) is 14.8. The number of para-hydroxylation sites is 1. The number of anilines is 1. The van der Waals surface area contributed by atoms with Gasteiger partial charge in [0.1, 0.15) is 5.82 Å². The minimum absolute atomic E-state index is 0.148. The first-order chi connectivity index (χ1) is 9.63. The number of benzene rings is 1. The topological polar surface area (TPSA) is 24.5 Å². The van der Waals surface area contributed by atoms with Crippen LogP contribution in [0.1, 0.15) is 32.3 Å². The zero-order valence-electron chi connectivity index (χ0n) is 12.7. The molecule has 3 nitrogen and oxygen atoms in total. The van der Waals surface area contributed by atoms with Crippen LogP contribution in [0.3, 0.4) is 0 Å². The van der Waals surface area contributed by atoms with Gasteiger partial charge in [0.2, 0.25) is 0 Å². The van der Waals surface area contributed by atoms with E-state index in [2.05, 4.69) is 24.1 Å². The summed E-state index contributed by atoms with van der Waals surface area (Å²) >= 11 is 0. The van der Waals surface area contributed by atoms with Crippen LogP contribution in [-0.4, -0.2) is 32.3 Å². The Kier molecular flexibility index (Phi) is 5.38. The number of halogens is 1. The zero-order valence-corrected chi connectivity index (χ0v) is 12.7. The van der Waals surface area contributed by atoms with Gasteiger partial charge in [0.05, 0.1) is 12.3 Å². The van der Waals surface area contributed by atoms with Crippen molar-refractivity contribution < 1.29 is 9.13 Å². The fraction of sp³-hybridized carbons (Fsp3) is 0.625. The lowest BCUT2D eigenvalue weighted by molar-refractivity contribution is 0.203. The van der Waals surface area contributed by atoms with Crippen LogP contribution >= 0.6 is 0 Å². The Labute approximate surface area is 121 Å². The van der Waals surface area contributed by atoms with Gasteiger partial charge in [-0.25, -0.2) is 4.39 Å². The fourth-order valence-electron chi connectivity index (χ4n) is 2.38. The van der Waals surface area contributed by atoms with Crippen LogP contribution < -0.4 is 10.2 Å². The van der Waals surface area contributed by atoms with Gasteiger partial charge in [-0.05, 0) is 38.3 Å². The third kappa shape index (κ3) is 3.93. The van der Waals surface area contributed by atoms with E-state index in [1.807, 2.05) is 6.07 Å². The number of methoxy groups -OCH3 is 1. The molecule has 1 saturated carbocycles. The lowest BCUT2D eigenvalue weighted by Crippen LogP contribution is -2.35. The Morgan fingerprint density at radius 3 is 2.75 bits per heavy atom. The molecular weight excluding hydrogens is 255 g/mol. The van der Waals surface area contributed by atoms with Crippen LogP contribution in [-0.2, 0) is 11.3 Å². The third-order valence-corrected chi connectivity index (χ3v) is 3.68. The molecule has 20 heavy (non-hydrogen) atoms. The number of ether oxygens (including phenoxy) is 1. The van der Waals surface area contributed by atoms with Crippen molar-refractivity contribution >= 4 is 5.69 Å². The van der Waals surface area contributed by atoms with Crippen molar-refractivity contribution in [2.24, 2.45) is 0 Å². The first-order valence-electron chi connectivity index (χ1n) is 7.39. The number of rotatable bonds is 8. The maximum atomic E-state index is 14.3. The van der Waals surface area contributed by atoms with E-state index in [0.29, 0.717) is 24.9 Å². The minimum atomic E-state index is -0.148. The van der Waals surface area contributed by atoms with E-state index in [9.17, 15) is 4.39 Å². The minimum Gasteiger partial charge on any atom is -0.383 e. The molecule has 0 atom stereocenters. The highest BCUT2D eigenvalue weighted by Crippen LogP contribution is 2.27. The molecular formula is C16H25FN2O. The van der Waals surface area contributed by atoms with Crippen molar-refractivity contribution in [3.05, 3.63) is 29.6 Å². The molecule has 0 unspecified atom stereocenters. The summed E-state index contributed by atoms with van der Waals surface area (Å²) in [6.45, 7) is 6.20. The highest BCUT2D eigenvalue weighted by Gasteiger charge is 2.23. The van der Waals surface area contributed by atoms with E-state index < -0.39 is 0 Å². The lowest BCUT2D eigenvalue weighted by Gasteiger charge is -2.31. The van der Waals surface area contributed by atoms with E-state index in [1.54, 1.807) is 13.2 Å². The average Bonchev–Trinajstić information content (AvgIpc) is 3.22. The van der Waals surface area contributed by atoms with Crippen molar-refractivity contribution in [3.63, 3.8) is 0 Å². The van der Waals surface area contributed by atoms with Crippen molar-refractivity contribution in [2.75, 3.05) is 25.2 Å². The largest absolute Gasteiger partial charge is 0.383 e. The Balaban J connectivity index is 2.20. The molecule has 0 bridgehead atoms. The molecule has 0 amide bonds. The molecule has 0 saturated heterocycles. The predicted molar refractivity (Wildman–Crippen MR) is 80.6 cm³/mol. The summed E-state index contributed by atoms with van der Waals surface area (Å²) in [6, 6.07) is 6.20.